The first-order chi connectivity index (χ1) is 18.8. The van der Waals surface area contributed by atoms with Gasteiger partial charge in [-0.05, 0) is 69.2 Å². The molecule has 1 fully saturated rings. The number of hydrogen-bond acceptors (Lipinski definition) is 9. The summed E-state index contributed by atoms with van der Waals surface area (Å²) in [4.78, 5) is 45.2. The van der Waals surface area contributed by atoms with E-state index >= 15 is 0 Å². The summed E-state index contributed by atoms with van der Waals surface area (Å²) < 4.78 is 16.3. The maximum Gasteiger partial charge on any atom is 0.350 e. The highest BCUT2D eigenvalue weighted by Crippen LogP contribution is 2.44. The third-order valence-corrected chi connectivity index (χ3v) is 7.14. The molecule has 1 saturated heterocycles. The summed E-state index contributed by atoms with van der Waals surface area (Å²) in [6.07, 6.45) is 0.843. The summed E-state index contributed by atoms with van der Waals surface area (Å²) in [7, 11) is 0. The quantitative estimate of drug-likeness (QED) is 0.154. The number of aryl methyl sites for hydroxylation is 1. The average Bonchev–Trinajstić information content (AvgIpc) is 3.44. The van der Waals surface area contributed by atoms with Crippen LogP contribution >= 0.6 is 11.3 Å². The molecule has 10 heteroatoms. The van der Waals surface area contributed by atoms with Crippen molar-refractivity contribution in [1.82, 2.24) is 4.98 Å². The smallest absolute Gasteiger partial charge is 0.350 e. The van der Waals surface area contributed by atoms with E-state index in [1.54, 1.807) is 62.4 Å². The molecule has 2 heterocycles. The Kier molecular flexibility index (Phi) is 8.65. The van der Waals surface area contributed by atoms with Crippen LogP contribution in [0.5, 0.6) is 11.5 Å². The van der Waals surface area contributed by atoms with Crippen molar-refractivity contribution in [2.24, 2.45) is 0 Å². The molecule has 1 atom stereocenters. The Hall–Kier alpha value is -4.18. The number of thiazole rings is 1. The molecule has 1 aliphatic heterocycles. The Morgan fingerprint density at radius 2 is 1.62 bits per heavy atom. The van der Waals surface area contributed by atoms with Crippen LogP contribution in [-0.2, 0) is 14.3 Å². The highest BCUT2D eigenvalue weighted by molar-refractivity contribution is 7.17. The van der Waals surface area contributed by atoms with E-state index in [4.69, 9.17) is 14.2 Å². The maximum absolute atomic E-state index is 13.4. The van der Waals surface area contributed by atoms with Gasteiger partial charge in [-0.2, -0.15) is 0 Å². The van der Waals surface area contributed by atoms with E-state index in [1.807, 2.05) is 13.8 Å². The molecule has 4 rings (SSSR count). The van der Waals surface area contributed by atoms with Gasteiger partial charge >= 0.3 is 11.9 Å². The van der Waals surface area contributed by atoms with Crippen molar-refractivity contribution in [2.75, 3.05) is 24.7 Å². The number of carbonyl (C=O) groups is 3. The number of esters is 1. The Balaban J connectivity index is 1.84. The minimum absolute atomic E-state index is 0.0862. The summed E-state index contributed by atoms with van der Waals surface area (Å²) in [6.45, 7) is 8.41. The molecule has 9 nitrogen and oxygen atoms in total. The summed E-state index contributed by atoms with van der Waals surface area (Å²) >= 11 is 0.962. The Morgan fingerprint density at radius 3 is 2.23 bits per heavy atom. The van der Waals surface area contributed by atoms with E-state index in [2.05, 4.69) is 4.98 Å². The molecule has 0 saturated carbocycles. The van der Waals surface area contributed by atoms with Crippen molar-refractivity contribution in [2.45, 2.75) is 40.2 Å². The predicted octanol–water partition coefficient (Wildman–Crippen LogP) is 5.44. The molecular formula is C29H30N2O7S. The first-order valence-electron chi connectivity index (χ1n) is 12.7. The molecule has 1 unspecified atom stereocenters. The standard InChI is InChI=1S/C29H30N2O7S/c1-5-16-38-21-12-8-18(9-13-21)23-22(24(32)19-10-14-20(15-11-19)36-6-2)25(33)27(34)31(23)29-30-17(4)26(39-29)28(35)37-7-3/h8-15,23,32H,5-7,16H2,1-4H3/b24-22+. The van der Waals surface area contributed by atoms with Crippen molar-refractivity contribution >= 4 is 39.9 Å². The van der Waals surface area contributed by atoms with E-state index in [0.29, 0.717) is 41.5 Å². The van der Waals surface area contributed by atoms with Crippen molar-refractivity contribution in [3.05, 3.63) is 75.8 Å². The normalized spacial score (nSPS) is 16.4. The van der Waals surface area contributed by atoms with E-state index < -0.39 is 23.7 Å². The van der Waals surface area contributed by atoms with Crippen LogP contribution in [0.3, 0.4) is 0 Å². The molecule has 1 amide bonds. The first-order valence-corrected chi connectivity index (χ1v) is 13.5. The number of nitrogens with zero attached hydrogens (tertiary/aromatic N) is 2. The lowest BCUT2D eigenvalue weighted by Crippen LogP contribution is -2.29. The van der Waals surface area contributed by atoms with Gasteiger partial charge in [-0.3, -0.25) is 14.5 Å². The maximum atomic E-state index is 13.4. The van der Waals surface area contributed by atoms with Gasteiger partial charge in [0, 0.05) is 5.56 Å². The number of aliphatic hydroxyl groups excluding tert-OH is 1. The van der Waals surface area contributed by atoms with Crippen LogP contribution in [0.15, 0.2) is 54.1 Å². The number of hydrogen-bond donors (Lipinski definition) is 1. The minimum atomic E-state index is -0.989. The number of benzene rings is 2. The van der Waals surface area contributed by atoms with Crippen LogP contribution < -0.4 is 14.4 Å². The molecule has 0 spiro atoms. The molecular weight excluding hydrogens is 520 g/mol. The summed E-state index contributed by atoms with van der Waals surface area (Å²) in [5.41, 5.74) is 1.21. The lowest BCUT2D eigenvalue weighted by Gasteiger charge is -2.23. The van der Waals surface area contributed by atoms with Crippen LogP contribution in [0.4, 0.5) is 5.13 Å². The van der Waals surface area contributed by atoms with Gasteiger partial charge in [0.1, 0.15) is 22.1 Å². The fourth-order valence-corrected chi connectivity index (χ4v) is 5.20. The predicted molar refractivity (Wildman–Crippen MR) is 147 cm³/mol. The van der Waals surface area contributed by atoms with Crippen LogP contribution in [0.1, 0.15) is 59.7 Å². The van der Waals surface area contributed by atoms with Gasteiger partial charge in [0.2, 0.25) is 0 Å². The van der Waals surface area contributed by atoms with Crippen molar-refractivity contribution in [3.8, 4) is 11.5 Å². The second-order valence-electron chi connectivity index (χ2n) is 8.68. The summed E-state index contributed by atoms with van der Waals surface area (Å²) in [6, 6.07) is 12.6. The molecule has 39 heavy (non-hydrogen) atoms. The topological polar surface area (TPSA) is 115 Å². The van der Waals surface area contributed by atoms with Crippen LogP contribution in [0, 0.1) is 6.92 Å². The highest BCUT2D eigenvalue weighted by Gasteiger charge is 2.48. The average molecular weight is 551 g/mol. The Morgan fingerprint density at radius 1 is 0.974 bits per heavy atom. The molecule has 0 bridgehead atoms. The second-order valence-corrected chi connectivity index (χ2v) is 9.65. The van der Waals surface area contributed by atoms with Gasteiger partial charge in [-0.1, -0.05) is 30.4 Å². The number of Topliss-reactive ketones (excluding diaryl/α,β-unsaturated/α-hetero) is 1. The van der Waals surface area contributed by atoms with Crippen LogP contribution in [-0.4, -0.2) is 47.6 Å². The highest BCUT2D eigenvalue weighted by atomic mass is 32.1. The van der Waals surface area contributed by atoms with Crippen LogP contribution in [0.25, 0.3) is 5.76 Å². The monoisotopic (exact) mass is 550 g/mol. The lowest BCUT2D eigenvalue weighted by atomic mass is 9.95. The van der Waals surface area contributed by atoms with E-state index in [0.717, 1.165) is 17.8 Å². The lowest BCUT2D eigenvalue weighted by molar-refractivity contribution is -0.132. The fraction of sp³-hybridized carbons (Fsp3) is 0.310. The molecule has 1 N–H and O–H groups in total. The second kappa shape index (κ2) is 12.1. The molecule has 1 aromatic heterocycles. The Bertz CT molecular complexity index is 1390. The largest absolute Gasteiger partial charge is 0.507 e. The molecule has 0 aliphatic carbocycles. The third kappa shape index (κ3) is 5.65. The van der Waals surface area contributed by atoms with Gasteiger partial charge in [-0.15, -0.1) is 0 Å². The first kappa shape index (κ1) is 27.8. The number of ketones is 1. The van der Waals surface area contributed by atoms with Gasteiger partial charge in [0.15, 0.2) is 5.13 Å². The van der Waals surface area contributed by atoms with Gasteiger partial charge < -0.3 is 19.3 Å². The van der Waals surface area contributed by atoms with Gasteiger partial charge in [0.25, 0.3) is 5.78 Å². The van der Waals surface area contributed by atoms with Gasteiger partial charge in [-0.25, -0.2) is 9.78 Å². The third-order valence-electron chi connectivity index (χ3n) is 6.00. The summed E-state index contributed by atoms with van der Waals surface area (Å²) in [5, 5.41) is 11.5. The molecule has 3 aromatic rings. The van der Waals surface area contributed by atoms with E-state index in [9.17, 15) is 19.5 Å². The zero-order valence-electron chi connectivity index (χ0n) is 22.2. The van der Waals surface area contributed by atoms with Crippen molar-refractivity contribution in [3.63, 3.8) is 0 Å². The Labute approximate surface area is 230 Å². The summed E-state index contributed by atoms with van der Waals surface area (Å²) in [5.74, 6) is -1.35. The van der Waals surface area contributed by atoms with Gasteiger partial charge in [0.05, 0.1) is 37.1 Å². The number of ether oxygens (including phenoxy) is 3. The number of amides is 1. The zero-order valence-corrected chi connectivity index (χ0v) is 23.0. The van der Waals surface area contributed by atoms with Crippen molar-refractivity contribution < 1.29 is 33.7 Å². The number of aromatic nitrogens is 1. The SMILES string of the molecule is CCCOc1ccc(C2/C(=C(\O)c3ccc(OCC)cc3)C(=O)C(=O)N2c2nc(C)c(C(=O)OCC)s2)cc1. The zero-order chi connectivity index (χ0) is 28.1. The molecule has 204 valence electrons. The minimum Gasteiger partial charge on any atom is -0.507 e. The van der Waals surface area contributed by atoms with E-state index in [-0.39, 0.29) is 27.9 Å². The number of carbonyl (C=O) groups excluding carboxylic acids is 3. The number of rotatable bonds is 10. The van der Waals surface area contributed by atoms with Crippen LogP contribution in [0.2, 0.25) is 0 Å². The molecule has 0 radical (unpaired) electrons. The molecule has 1 aliphatic rings. The fourth-order valence-electron chi connectivity index (χ4n) is 4.21. The van der Waals surface area contributed by atoms with Crippen molar-refractivity contribution in [1.29, 1.82) is 0 Å². The molecule has 2 aromatic carbocycles. The van der Waals surface area contributed by atoms with E-state index in [1.165, 1.54) is 4.90 Å². The number of anilines is 1. The number of aliphatic hydroxyl groups is 1.